The van der Waals surface area contributed by atoms with Crippen LogP contribution in [0.2, 0.25) is 5.02 Å². The van der Waals surface area contributed by atoms with Gasteiger partial charge in [-0.1, -0.05) is 37.1 Å². The Morgan fingerprint density at radius 3 is 2.60 bits per heavy atom. The molecule has 156 valence electrons. The fourth-order valence-electron chi connectivity index (χ4n) is 2.98. The molecule has 0 radical (unpaired) electrons. The van der Waals surface area contributed by atoms with Gasteiger partial charge < -0.3 is 5.11 Å². The maximum Gasteiger partial charge on any atom is 0.282 e. The van der Waals surface area contributed by atoms with Gasteiger partial charge in [0, 0.05) is 18.6 Å². The second-order valence-corrected chi connectivity index (χ2v) is 7.26. The molecule has 0 aliphatic heterocycles. The van der Waals surface area contributed by atoms with Crippen molar-refractivity contribution in [3.63, 3.8) is 0 Å². The van der Waals surface area contributed by atoms with Crippen molar-refractivity contribution in [2.75, 3.05) is 6.61 Å². The predicted octanol–water partition coefficient (Wildman–Crippen LogP) is 4.42. The molecule has 3 rings (SSSR count). The highest BCUT2D eigenvalue weighted by atomic mass is 35.5. The Balaban J connectivity index is 2.20. The summed E-state index contributed by atoms with van der Waals surface area (Å²) in [4.78, 5) is 25.8. The highest BCUT2D eigenvalue weighted by Gasteiger charge is 2.20. The van der Waals surface area contributed by atoms with Crippen LogP contribution in [0, 0.1) is 17.6 Å². The summed E-state index contributed by atoms with van der Waals surface area (Å²) in [5.41, 5.74) is -0.331. The number of ketones is 1. The smallest absolute Gasteiger partial charge is 0.282 e. The van der Waals surface area contributed by atoms with E-state index in [2.05, 4.69) is 5.10 Å². The molecular weight excluding hydrogens is 414 g/mol. The number of aliphatic hydroxyl groups is 1. The van der Waals surface area contributed by atoms with Crippen molar-refractivity contribution in [3.8, 4) is 16.9 Å². The second kappa shape index (κ2) is 9.28. The highest BCUT2D eigenvalue weighted by Crippen LogP contribution is 2.24. The molecule has 2 aromatic carbocycles. The maximum atomic E-state index is 14.0. The Labute approximate surface area is 176 Å². The minimum atomic E-state index is -0.725. The van der Waals surface area contributed by atoms with E-state index in [1.807, 2.05) is 6.92 Å². The van der Waals surface area contributed by atoms with Crippen LogP contribution < -0.4 is 5.56 Å². The molecule has 0 saturated carbocycles. The number of aliphatic hydroxyl groups excluding tert-OH is 1. The first-order valence-corrected chi connectivity index (χ1v) is 9.71. The van der Waals surface area contributed by atoms with Crippen LogP contribution in [-0.4, -0.2) is 27.3 Å². The van der Waals surface area contributed by atoms with Crippen LogP contribution in [0.3, 0.4) is 0 Å². The van der Waals surface area contributed by atoms with Gasteiger partial charge in [-0.15, -0.1) is 0 Å². The number of hydrogen-bond acceptors (Lipinski definition) is 4. The molecule has 0 bridgehead atoms. The Hall–Kier alpha value is -2.90. The summed E-state index contributed by atoms with van der Waals surface area (Å²) in [6, 6.07) is 10.5. The lowest BCUT2D eigenvalue weighted by molar-refractivity contribution is 0.0931. The van der Waals surface area contributed by atoms with Gasteiger partial charge in [0.25, 0.3) is 5.56 Å². The number of Topliss-reactive ketones (excluding diaryl/α,β-unsaturated/α-hetero) is 1. The van der Waals surface area contributed by atoms with Crippen molar-refractivity contribution >= 4 is 17.4 Å². The molecule has 0 spiro atoms. The standard InChI is InChI=1S/C22H19ClF2N2O3/c1-2-13(12-28)8-21(29)17-11-20(14-6-7-18(23)19(25)9-14)26-27(22(17)30)16-5-3-4-15(24)10-16/h3-7,9-11,13,28H,2,8,12H2,1H3/t13-/m1/s1. The molecule has 8 heteroatoms. The number of benzene rings is 2. The molecule has 0 amide bonds. The topological polar surface area (TPSA) is 72.2 Å². The quantitative estimate of drug-likeness (QED) is 0.561. The number of carbonyl (C=O) groups is 1. The molecule has 1 atom stereocenters. The van der Waals surface area contributed by atoms with Crippen molar-refractivity contribution in [1.82, 2.24) is 9.78 Å². The van der Waals surface area contributed by atoms with E-state index in [4.69, 9.17) is 11.6 Å². The average molecular weight is 433 g/mol. The van der Waals surface area contributed by atoms with Gasteiger partial charge in [0.2, 0.25) is 0 Å². The zero-order chi connectivity index (χ0) is 21.8. The van der Waals surface area contributed by atoms with E-state index in [9.17, 15) is 23.5 Å². The van der Waals surface area contributed by atoms with Crippen LogP contribution >= 0.6 is 11.6 Å². The molecule has 30 heavy (non-hydrogen) atoms. The van der Waals surface area contributed by atoms with E-state index in [0.717, 1.165) is 16.8 Å². The van der Waals surface area contributed by atoms with E-state index in [1.165, 1.54) is 36.4 Å². The highest BCUT2D eigenvalue weighted by molar-refractivity contribution is 6.30. The van der Waals surface area contributed by atoms with Gasteiger partial charge in [-0.25, -0.2) is 8.78 Å². The molecule has 1 N–H and O–H groups in total. The average Bonchev–Trinajstić information content (AvgIpc) is 2.74. The van der Waals surface area contributed by atoms with Crippen molar-refractivity contribution in [2.24, 2.45) is 5.92 Å². The van der Waals surface area contributed by atoms with Gasteiger partial charge in [-0.2, -0.15) is 9.78 Å². The van der Waals surface area contributed by atoms with Crippen molar-refractivity contribution in [1.29, 1.82) is 0 Å². The van der Waals surface area contributed by atoms with Gasteiger partial charge in [0.1, 0.15) is 11.6 Å². The number of nitrogens with zero attached hydrogens (tertiary/aromatic N) is 2. The van der Waals surface area contributed by atoms with Gasteiger partial charge in [-0.05, 0) is 42.3 Å². The van der Waals surface area contributed by atoms with Crippen LogP contribution in [0.25, 0.3) is 16.9 Å². The first kappa shape index (κ1) is 21.8. The molecule has 3 aromatic rings. The predicted molar refractivity (Wildman–Crippen MR) is 110 cm³/mol. The maximum absolute atomic E-state index is 14.0. The molecule has 5 nitrogen and oxygen atoms in total. The SMILES string of the molecule is CC[C@@H](CO)CC(=O)c1cc(-c2ccc(Cl)c(F)c2)nn(-c2cccc(F)c2)c1=O. The third-order valence-corrected chi connectivity index (χ3v) is 5.10. The monoisotopic (exact) mass is 432 g/mol. The minimum Gasteiger partial charge on any atom is -0.396 e. The Bertz CT molecular complexity index is 1140. The lowest BCUT2D eigenvalue weighted by Crippen LogP contribution is -2.29. The summed E-state index contributed by atoms with van der Waals surface area (Å²) in [6.45, 7) is 1.63. The van der Waals surface area contributed by atoms with Gasteiger partial charge >= 0.3 is 0 Å². The molecule has 0 aliphatic carbocycles. The van der Waals surface area contributed by atoms with Crippen molar-refractivity contribution in [3.05, 3.63) is 81.1 Å². The van der Waals surface area contributed by atoms with Gasteiger partial charge in [0.05, 0.1) is 22.0 Å². The minimum absolute atomic E-state index is 0.0379. The third-order valence-electron chi connectivity index (χ3n) is 4.79. The number of aromatic nitrogens is 2. The van der Waals surface area contributed by atoms with Gasteiger partial charge in [0.15, 0.2) is 5.78 Å². The number of rotatable bonds is 7. The fraction of sp³-hybridized carbons (Fsp3) is 0.227. The van der Waals surface area contributed by atoms with Crippen LogP contribution in [-0.2, 0) is 0 Å². The third kappa shape index (κ3) is 4.63. The van der Waals surface area contributed by atoms with Gasteiger partial charge in [-0.3, -0.25) is 9.59 Å². The van der Waals surface area contributed by atoms with Crippen LogP contribution in [0.15, 0.2) is 53.3 Å². The summed E-state index contributed by atoms with van der Waals surface area (Å²) >= 11 is 5.74. The van der Waals surface area contributed by atoms with E-state index < -0.39 is 23.0 Å². The number of halogens is 3. The zero-order valence-electron chi connectivity index (χ0n) is 16.1. The second-order valence-electron chi connectivity index (χ2n) is 6.85. The normalized spacial score (nSPS) is 12.0. The summed E-state index contributed by atoms with van der Waals surface area (Å²) in [5, 5.41) is 13.5. The number of carbonyl (C=O) groups excluding carboxylic acids is 1. The Kier molecular flexibility index (Phi) is 6.74. The summed E-state index contributed by atoms with van der Waals surface area (Å²) in [7, 11) is 0. The van der Waals surface area contributed by atoms with Crippen LogP contribution in [0.4, 0.5) is 8.78 Å². The molecule has 0 fully saturated rings. The van der Waals surface area contributed by atoms with E-state index in [1.54, 1.807) is 0 Å². The lowest BCUT2D eigenvalue weighted by atomic mass is 9.97. The first-order chi connectivity index (χ1) is 14.3. The zero-order valence-corrected chi connectivity index (χ0v) is 16.9. The molecule has 1 aromatic heterocycles. The Morgan fingerprint density at radius 2 is 1.97 bits per heavy atom. The molecule has 1 heterocycles. The lowest BCUT2D eigenvalue weighted by Gasteiger charge is -2.13. The van der Waals surface area contributed by atoms with Crippen molar-refractivity contribution < 1.29 is 18.7 Å². The van der Waals surface area contributed by atoms with Crippen LogP contribution in [0.1, 0.15) is 30.1 Å². The molecular formula is C22H19ClF2N2O3. The van der Waals surface area contributed by atoms with E-state index in [-0.39, 0.29) is 40.9 Å². The fourth-order valence-corrected chi connectivity index (χ4v) is 3.10. The largest absolute Gasteiger partial charge is 0.396 e. The summed E-state index contributed by atoms with van der Waals surface area (Å²) in [5.74, 6) is -2.05. The molecule has 0 aliphatic rings. The Morgan fingerprint density at radius 1 is 1.20 bits per heavy atom. The van der Waals surface area contributed by atoms with E-state index >= 15 is 0 Å². The summed E-state index contributed by atoms with van der Waals surface area (Å²) in [6.07, 6.45) is 0.518. The van der Waals surface area contributed by atoms with Crippen LogP contribution in [0.5, 0.6) is 0 Å². The summed E-state index contributed by atoms with van der Waals surface area (Å²) < 4.78 is 28.6. The first-order valence-electron chi connectivity index (χ1n) is 9.33. The van der Waals surface area contributed by atoms with E-state index in [0.29, 0.717) is 12.0 Å². The molecule has 0 unspecified atom stereocenters. The van der Waals surface area contributed by atoms with Crippen molar-refractivity contribution in [2.45, 2.75) is 19.8 Å². The molecule has 0 saturated heterocycles. The number of hydrogen-bond donors (Lipinski definition) is 1.